The first-order valence-corrected chi connectivity index (χ1v) is 6.46. The van der Waals surface area contributed by atoms with Crippen LogP contribution in [0.15, 0.2) is 30.3 Å². The van der Waals surface area contributed by atoms with Gasteiger partial charge in [0, 0.05) is 23.6 Å². The number of para-hydroxylation sites is 1. The molecule has 0 spiro atoms. The molecule has 1 atom stereocenters. The second-order valence-electron chi connectivity index (χ2n) is 4.96. The van der Waals surface area contributed by atoms with Crippen LogP contribution in [0.4, 0.5) is 8.78 Å². The lowest BCUT2D eigenvalue weighted by Crippen LogP contribution is -2.06. The first-order chi connectivity index (χ1) is 9.58. The Bertz CT molecular complexity index is 668. The van der Waals surface area contributed by atoms with Gasteiger partial charge in [0.15, 0.2) is 0 Å². The molecule has 20 heavy (non-hydrogen) atoms. The van der Waals surface area contributed by atoms with Crippen molar-refractivity contribution in [1.29, 1.82) is 0 Å². The molecule has 2 aromatic carbocycles. The van der Waals surface area contributed by atoms with Gasteiger partial charge in [-0.2, -0.15) is 0 Å². The third-order valence-electron chi connectivity index (χ3n) is 3.61. The minimum atomic E-state index is -1.16. The maximum absolute atomic E-state index is 13.9. The maximum Gasteiger partial charge on any atom is 0.132 e. The Balaban J connectivity index is 2.08. The molecule has 0 amide bonds. The van der Waals surface area contributed by atoms with Crippen LogP contribution in [-0.2, 0) is 6.42 Å². The standard InChI is InChI=1S/C16H14F2O2/c1-9-7-12(14(18)8-13(9)17)15(19)11-4-2-3-10-5-6-20-16(10)11/h2-4,7-8,15,19H,5-6H2,1H3. The molecule has 1 aliphatic heterocycles. The summed E-state index contributed by atoms with van der Waals surface area (Å²) in [6, 6.07) is 7.57. The number of aryl methyl sites for hydroxylation is 1. The number of hydrogen-bond acceptors (Lipinski definition) is 2. The van der Waals surface area contributed by atoms with E-state index in [-0.39, 0.29) is 5.56 Å². The monoisotopic (exact) mass is 276 g/mol. The van der Waals surface area contributed by atoms with E-state index in [1.807, 2.05) is 6.07 Å². The molecule has 0 aliphatic carbocycles. The molecular weight excluding hydrogens is 262 g/mol. The fourth-order valence-corrected chi connectivity index (χ4v) is 2.51. The molecule has 0 aromatic heterocycles. The molecule has 1 aliphatic rings. The number of aliphatic hydroxyl groups excluding tert-OH is 1. The number of fused-ring (bicyclic) bond motifs is 1. The van der Waals surface area contributed by atoms with E-state index in [9.17, 15) is 13.9 Å². The van der Waals surface area contributed by atoms with E-state index < -0.39 is 17.7 Å². The van der Waals surface area contributed by atoms with E-state index in [1.165, 1.54) is 13.0 Å². The van der Waals surface area contributed by atoms with Crippen molar-refractivity contribution in [2.24, 2.45) is 0 Å². The Labute approximate surface area is 115 Å². The van der Waals surface area contributed by atoms with Crippen LogP contribution in [0.3, 0.4) is 0 Å². The quantitative estimate of drug-likeness (QED) is 0.912. The van der Waals surface area contributed by atoms with Crippen LogP contribution in [0.1, 0.15) is 28.4 Å². The van der Waals surface area contributed by atoms with Crippen molar-refractivity contribution in [2.75, 3.05) is 6.61 Å². The lowest BCUT2D eigenvalue weighted by Gasteiger charge is -2.16. The van der Waals surface area contributed by atoms with Gasteiger partial charge in [0.25, 0.3) is 0 Å². The van der Waals surface area contributed by atoms with Gasteiger partial charge in [-0.25, -0.2) is 8.78 Å². The average molecular weight is 276 g/mol. The van der Waals surface area contributed by atoms with Gasteiger partial charge in [0.1, 0.15) is 23.5 Å². The van der Waals surface area contributed by atoms with Crippen molar-refractivity contribution in [2.45, 2.75) is 19.4 Å². The Morgan fingerprint density at radius 3 is 2.75 bits per heavy atom. The molecule has 2 nitrogen and oxygen atoms in total. The van der Waals surface area contributed by atoms with Gasteiger partial charge >= 0.3 is 0 Å². The van der Waals surface area contributed by atoms with Gasteiger partial charge in [-0.1, -0.05) is 18.2 Å². The van der Waals surface area contributed by atoms with E-state index in [2.05, 4.69) is 0 Å². The fraction of sp³-hybridized carbons (Fsp3) is 0.250. The van der Waals surface area contributed by atoms with Crippen LogP contribution in [0.5, 0.6) is 5.75 Å². The number of halogens is 2. The van der Waals surface area contributed by atoms with Gasteiger partial charge in [0.2, 0.25) is 0 Å². The van der Waals surface area contributed by atoms with Gasteiger partial charge in [-0.3, -0.25) is 0 Å². The topological polar surface area (TPSA) is 29.5 Å². The smallest absolute Gasteiger partial charge is 0.132 e. The molecule has 0 fully saturated rings. The molecule has 2 aromatic rings. The molecule has 0 bridgehead atoms. The molecule has 0 radical (unpaired) electrons. The molecule has 1 unspecified atom stereocenters. The minimum absolute atomic E-state index is 0.0628. The summed E-state index contributed by atoms with van der Waals surface area (Å²) in [6.45, 7) is 2.10. The van der Waals surface area contributed by atoms with Crippen molar-refractivity contribution >= 4 is 0 Å². The maximum atomic E-state index is 13.9. The molecule has 1 N–H and O–H groups in total. The Morgan fingerprint density at radius 1 is 1.15 bits per heavy atom. The zero-order valence-corrected chi connectivity index (χ0v) is 11.0. The van der Waals surface area contributed by atoms with Crippen molar-refractivity contribution in [1.82, 2.24) is 0 Å². The number of rotatable bonds is 2. The summed E-state index contributed by atoms with van der Waals surface area (Å²) >= 11 is 0. The fourth-order valence-electron chi connectivity index (χ4n) is 2.51. The van der Waals surface area contributed by atoms with Crippen LogP contribution in [0, 0.1) is 18.6 Å². The van der Waals surface area contributed by atoms with Gasteiger partial charge in [0.05, 0.1) is 6.61 Å². The van der Waals surface area contributed by atoms with Crippen molar-refractivity contribution in [3.05, 3.63) is 64.2 Å². The molecule has 4 heteroatoms. The molecule has 3 rings (SSSR count). The SMILES string of the molecule is Cc1cc(C(O)c2cccc3c2OCC3)c(F)cc1F. The lowest BCUT2D eigenvalue weighted by molar-refractivity contribution is 0.208. The number of aliphatic hydroxyl groups is 1. The summed E-state index contributed by atoms with van der Waals surface area (Å²) < 4.78 is 32.7. The van der Waals surface area contributed by atoms with E-state index in [0.29, 0.717) is 23.5 Å². The first-order valence-electron chi connectivity index (χ1n) is 6.46. The second kappa shape index (κ2) is 4.87. The van der Waals surface area contributed by atoms with E-state index >= 15 is 0 Å². The van der Waals surface area contributed by atoms with E-state index in [0.717, 1.165) is 18.1 Å². The molecule has 104 valence electrons. The van der Waals surface area contributed by atoms with Gasteiger partial charge < -0.3 is 9.84 Å². The summed E-state index contributed by atoms with van der Waals surface area (Å²) in [6.07, 6.45) is -0.386. The summed E-state index contributed by atoms with van der Waals surface area (Å²) in [5, 5.41) is 10.4. The predicted molar refractivity (Wildman–Crippen MR) is 70.8 cm³/mol. The number of hydrogen-bond donors (Lipinski definition) is 1. The second-order valence-corrected chi connectivity index (χ2v) is 4.96. The number of benzene rings is 2. The zero-order valence-electron chi connectivity index (χ0n) is 11.0. The first kappa shape index (κ1) is 13.1. The normalized spacial score (nSPS) is 14.8. The number of ether oxygens (including phenoxy) is 1. The molecule has 1 heterocycles. The largest absolute Gasteiger partial charge is 0.493 e. The molecule has 0 saturated carbocycles. The lowest BCUT2D eigenvalue weighted by atomic mass is 9.96. The van der Waals surface area contributed by atoms with Crippen molar-refractivity contribution in [3.8, 4) is 5.75 Å². The highest BCUT2D eigenvalue weighted by molar-refractivity contribution is 5.48. The summed E-state index contributed by atoms with van der Waals surface area (Å²) in [7, 11) is 0. The van der Waals surface area contributed by atoms with Crippen molar-refractivity contribution < 1.29 is 18.6 Å². The van der Waals surface area contributed by atoms with E-state index in [4.69, 9.17) is 4.74 Å². The van der Waals surface area contributed by atoms with Gasteiger partial charge in [-0.15, -0.1) is 0 Å². The summed E-state index contributed by atoms with van der Waals surface area (Å²) in [5.74, 6) is -0.759. The Kier molecular flexibility index (Phi) is 3.18. The van der Waals surface area contributed by atoms with Crippen LogP contribution < -0.4 is 4.74 Å². The summed E-state index contributed by atoms with van der Waals surface area (Å²) in [4.78, 5) is 0. The Hall–Kier alpha value is -1.94. The zero-order chi connectivity index (χ0) is 14.3. The van der Waals surface area contributed by atoms with E-state index in [1.54, 1.807) is 12.1 Å². The highest BCUT2D eigenvalue weighted by Crippen LogP contribution is 2.37. The van der Waals surface area contributed by atoms with Crippen LogP contribution in [-0.4, -0.2) is 11.7 Å². The predicted octanol–water partition coefficient (Wildman–Crippen LogP) is 3.29. The summed E-state index contributed by atoms with van der Waals surface area (Å²) in [5.41, 5.74) is 1.88. The minimum Gasteiger partial charge on any atom is -0.493 e. The third kappa shape index (κ3) is 2.06. The highest BCUT2D eigenvalue weighted by atomic mass is 19.1. The molecular formula is C16H14F2O2. The average Bonchev–Trinajstić information content (AvgIpc) is 2.90. The van der Waals surface area contributed by atoms with Crippen molar-refractivity contribution in [3.63, 3.8) is 0 Å². The van der Waals surface area contributed by atoms with Gasteiger partial charge in [-0.05, 0) is 24.1 Å². The molecule has 0 saturated heterocycles. The van der Waals surface area contributed by atoms with Crippen LogP contribution in [0.2, 0.25) is 0 Å². The van der Waals surface area contributed by atoms with Crippen LogP contribution >= 0.6 is 0 Å². The Morgan fingerprint density at radius 2 is 1.95 bits per heavy atom. The highest BCUT2D eigenvalue weighted by Gasteiger charge is 2.24. The van der Waals surface area contributed by atoms with Crippen LogP contribution in [0.25, 0.3) is 0 Å². The third-order valence-corrected chi connectivity index (χ3v) is 3.61.